The molecule has 3 rings (SSSR count). The summed E-state index contributed by atoms with van der Waals surface area (Å²) in [5.41, 5.74) is 1.85. The number of ether oxygens (including phenoxy) is 1. The molecule has 0 aliphatic carbocycles. The van der Waals surface area contributed by atoms with Gasteiger partial charge < -0.3 is 9.57 Å². The third kappa shape index (κ3) is 3.74. The molecule has 0 atom stereocenters. The van der Waals surface area contributed by atoms with Crippen LogP contribution in [0.3, 0.4) is 0 Å². The van der Waals surface area contributed by atoms with Gasteiger partial charge in [-0.1, -0.05) is 41.6 Å². The van der Waals surface area contributed by atoms with Gasteiger partial charge in [0.15, 0.2) is 6.61 Å². The Morgan fingerprint density at radius 2 is 1.88 bits per heavy atom. The Kier molecular flexibility index (Phi) is 5.11. The number of fused-ring (bicyclic) bond motifs is 1. The summed E-state index contributed by atoms with van der Waals surface area (Å²) in [6.45, 7) is 6.77. The highest BCUT2D eigenvalue weighted by Crippen LogP contribution is 2.25. The summed E-state index contributed by atoms with van der Waals surface area (Å²) in [6, 6.07) is 14.2. The van der Waals surface area contributed by atoms with Crippen molar-refractivity contribution in [3.05, 3.63) is 58.0 Å². The fourth-order valence-corrected chi connectivity index (χ4v) is 3.42. The van der Waals surface area contributed by atoms with Gasteiger partial charge in [-0.25, -0.2) is 4.98 Å². The predicted octanol–water partition coefficient (Wildman–Crippen LogP) is 4.73. The molecule has 4 nitrogen and oxygen atoms in total. The maximum atomic E-state index is 5.83. The summed E-state index contributed by atoms with van der Waals surface area (Å²) in [7, 11) is 0. The Morgan fingerprint density at radius 3 is 2.67 bits per heavy atom. The summed E-state index contributed by atoms with van der Waals surface area (Å²) < 4.78 is 5.83. The van der Waals surface area contributed by atoms with Crippen LogP contribution < -0.4 is 4.74 Å². The van der Waals surface area contributed by atoms with Crippen molar-refractivity contribution in [2.75, 3.05) is 13.2 Å². The second-order valence-corrected chi connectivity index (χ2v) is 6.69. The minimum absolute atomic E-state index is 0.400. The Labute approximate surface area is 145 Å². The molecule has 2 aromatic carbocycles. The lowest BCUT2D eigenvalue weighted by atomic mass is 10.1. The summed E-state index contributed by atoms with van der Waals surface area (Å²) in [4.78, 5) is 10.9. The van der Waals surface area contributed by atoms with Gasteiger partial charge in [-0.3, -0.25) is 0 Å². The first-order valence-corrected chi connectivity index (χ1v) is 8.68. The van der Waals surface area contributed by atoms with Crippen LogP contribution in [0.2, 0.25) is 0 Å². The standard InChI is InChI=1S/C19H20N2O2S/c1-13-19(24-15(3)20-13)14(2)21-23-12-11-22-18-10-6-8-16-7-4-5-9-17(16)18/h4-10H,11-12H2,1-3H3. The van der Waals surface area contributed by atoms with E-state index in [-0.39, 0.29) is 0 Å². The molecule has 3 aromatic rings. The minimum Gasteiger partial charge on any atom is -0.489 e. The average molecular weight is 340 g/mol. The number of oxime groups is 1. The first-order valence-electron chi connectivity index (χ1n) is 7.86. The molecule has 1 aromatic heterocycles. The number of rotatable bonds is 6. The molecule has 0 radical (unpaired) electrons. The zero-order chi connectivity index (χ0) is 16.9. The molecule has 0 aliphatic heterocycles. The zero-order valence-corrected chi connectivity index (χ0v) is 14.9. The van der Waals surface area contributed by atoms with Gasteiger partial charge in [0.1, 0.15) is 12.4 Å². The Morgan fingerprint density at radius 1 is 1.08 bits per heavy atom. The van der Waals surface area contributed by atoms with Gasteiger partial charge in [0, 0.05) is 5.39 Å². The lowest BCUT2D eigenvalue weighted by Gasteiger charge is -2.08. The van der Waals surface area contributed by atoms with Crippen LogP contribution >= 0.6 is 11.3 Å². The highest BCUT2D eigenvalue weighted by molar-refractivity contribution is 7.13. The number of hydrogen-bond acceptors (Lipinski definition) is 5. The van der Waals surface area contributed by atoms with Crippen molar-refractivity contribution in [3.8, 4) is 5.75 Å². The molecule has 0 bridgehead atoms. The van der Waals surface area contributed by atoms with E-state index >= 15 is 0 Å². The molecule has 124 valence electrons. The van der Waals surface area contributed by atoms with Crippen molar-refractivity contribution >= 4 is 27.8 Å². The SMILES string of the molecule is CC(=NOCCOc1cccc2ccccc12)c1sc(C)nc1C. The molecule has 5 heteroatoms. The van der Waals surface area contributed by atoms with E-state index in [9.17, 15) is 0 Å². The third-order valence-corrected chi connectivity index (χ3v) is 4.80. The van der Waals surface area contributed by atoms with Gasteiger partial charge in [0.05, 0.1) is 21.3 Å². The van der Waals surface area contributed by atoms with Crippen molar-refractivity contribution in [1.29, 1.82) is 0 Å². The fraction of sp³-hybridized carbons (Fsp3) is 0.263. The van der Waals surface area contributed by atoms with Gasteiger partial charge in [0.2, 0.25) is 0 Å². The summed E-state index contributed by atoms with van der Waals surface area (Å²) in [5, 5.41) is 7.48. The van der Waals surface area contributed by atoms with E-state index in [2.05, 4.69) is 28.3 Å². The monoisotopic (exact) mass is 340 g/mol. The predicted molar refractivity (Wildman–Crippen MR) is 99.2 cm³/mol. The first-order chi connectivity index (χ1) is 11.6. The molecule has 24 heavy (non-hydrogen) atoms. The quantitative estimate of drug-likeness (QED) is 0.370. The van der Waals surface area contributed by atoms with E-state index in [0.717, 1.165) is 32.4 Å². The largest absolute Gasteiger partial charge is 0.489 e. The number of aromatic nitrogens is 1. The van der Waals surface area contributed by atoms with Crippen LogP contribution in [-0.2, 0) is 4.84 Å². The van der Waals surface area contributed by atoms with Crippen LogP contribution in [0.1, 0.15) is 22.5 Å². The van der Waals surface area contributed by atoms with Crippen LogP contribution in [0.15, 0.2) is 47.6 Å². The molecule has 0 amide bonds. The maximum Gasteiger partial charge on any atom is 0.151 e. The Bertz CT molecular complexity index is 865. The van der Waals surface area contributed by atoms with E-state index < -0.39 is 0 Å². The van der Waals surface area contributed by atoms with E-state index in [1.165, 1.54) is 5.39 Å². The van der Waals surface area contributed by atoms with Gasteiger partial charge in [-0.05, 0) is 32.2 Å². The molecule has 0 N–H and O–H groups in total. The van der Waals surface area contributed by atoms with Gasteiger partial charge >= 0.3 is 0 Å². The van der Waals surface area contributed by atoms with Crippen molar-refractivity contribution in [2.45, 2.75) is 20.8 Å². The highest BCUT2D eigenvalue weighted by atomic mass is 32.1. The second-order valence-electron chi connectivity index (χ2n) is 5.48. The topological polar surface area (TPSA) is 43.7 Å². The van der Waals surface area contributed by atoms with Crippen molar-refractivity contribution in [1.82, 2.24) is 4.98 Å². The molecule has 0 aliphatic rings. The fourth-order valence-electron chi connectivity index (χ4n) is 2.56. The number of benzene rings is 2. The second kappa shape index (κ2) is 7.45. The lowest BCUT2D eigenvalue weighted by molar-refractivity contribution is 0.108. The molecule has 1 heterocycles. The van der Waals surface area contributed by atoms with Gasteiger partial charge in [-0.15, -0.1) is 11.3 Å². The zero-order valence-electron chi connectivity index (χ0n) is 14.1. The molecular weight excluding hydrogens is 320 g/mol. The molecule has 0 saturated heterocycles. The van der Waals surface area contributed by atoms with Gasteiger partial charge in [-0.2, -0.15) is 0 Å². The van der Waals surface area contributed by atoms with Crippen LogP contribution in [0.25, 0.3) is 10.8 Å². The highest BCUT2D eigenvalue weighted by Gasteiger charge is 2.08. The summed E-state index contributed by atoms with van der Waals surface area (Å²) in [6.07, 6.45) is 0. The molecule has 0 saturated carbocycles. The van der Waals surface area contributed by atoms with E-state index in [1.54, 1.807) is 11.3 Å². The smallest absolute Gasteiger partial charge is 0.151 e. The maximum absolute atomic E-state index is 5.83. The average Bonchev–Trinajstić information content (AvgIpc) is 2.93. The van der Waals surface area contributed by atoms with Crippen molar-refractivity contribution < 1.29 is 9.57 Å². The Balaban J connectivity index is 1.55. The van der Waals surface area contributed by atoms with E-state index in [4.69, 9.17) is 9.57 Å². The van der Waals surface area contributed by atoms with Crippen LogP contribution in [0, 0.1) is 13.8 Å². The van der Waals surface area contributed by atoms with Crippen molar-refractivity contribution in [2.24, 2.45) is 5.16 Å². The van der Waals surface area contributed by atoms with Crippen LogP contribution in [0.4, 0.5) is 0 Å². The van der Waals surface area contributed by atoms with Gasteiger partial charge in [0.25, 0.3) is 0 Å². The Hall–Kier alpha value is -2.40. The lowest BCUT2D eigenvalue weighted by Crippen LogP contribution is -2.06. The normalized spacial score (nSPS) is 11.7. The molecule has 0 spiro atoms. The van der Waals surface area contributed by atoms with Crippen molar-refractivity contribution in [3.63, 3.8) is 0 Å². The first kappa shape index (κ1) is 16.5. The number of hydrogen-bond donors (Lipinski definition) is 0. The van der Waals surface area contributed by atoms with E-state index in [1.807, 2.05) is 45.0 Å². The molecular formula is C19H20N2O2S. The minimum atomic E-state index is 0.400. The summed E-state index contributed by atoms with van der Waals surface area (Å²) >= 11 is 1.63. The van der Waals surface area contributed by atoms with Crippen LogP contribution in [-0.4, -0.2) is 23.9 Å². The van der Waals surface area contributed by atoms with Crippen LogP contribution in [0.5, 0.6) is 5.75 Å². The number of aryl methyl sites for hydroxylation is 2. The molecule has 0 unspecified atom stereocenters. The number of thiazole rings is 1. The third-order valence-electron chi connectivity index (χ3n) is 3.62. The van der Waals surface area contributed by atoms with E-state index in [0.29, 0.717) is 13.2 Å². The molecule has 0 fully saturated rings. The summed E-state index contributed by atoms with van der Waals surface area (Å²) in [5.74, 6) is 0.867. The number of nitrogens with zero attached hydrogens (tertiary/aromatic N) is 2.